The molecule has 1 unspecified atom stereocenters. The van der Waals surface area contributed by atoms with E-state index in [1.54, 1.807) is 25.3 Å². The highest BCUT2D eigenvalue weighted by Crippen LogP contribution is 2.45. The van der Waals surface area contributed by atoms with Crippen molar-refractivity contribution in [2.24, 2.45) is 0 Å². The van der Waals surface area contributed by atoms with E-state index < -0.39 is 5.60 Å². The number of benzene rings is 1. The van der Waals surface area contributed by atoms with Gasteiger partial charge in [-0.2, -0.15) is 4.98 Å². The van der Waals surface area contributed by atoms with E-state index in [0.29, 0.717) is 23.1 Å². The molecule has 3 aromatic rings. The van der Waals surface area contributed by atoms with Crippen LogP contribution in [0.1, 0.15) is 37.6 Å². The fourth-order valence-corrected chi connectivity index (χ4v) is 3.82. The number of pyridine rings is 1. The van der Waals surface area contributed by atoms with Crippen LogP contribution in [0.15, 0.2) is 48.8 Å². The van der Waals surface area contributed by atoms with Gasteiger partial charge < -0.3 is 15.7 Å². The Labute approximate surface area is 180 Å². The zero-order chi connectivity index (χ0) is 21.5. The molecule has 4 rings (SSSR count). The quantitative estimate of drug-likeness (QED) is 0.614. The zero-order valence-electron chi connectivity index (χ0n) is 17.0. The molecular weight excluding hydrogens is 398 g/mol. The van der Waals surface area contributed by atoms with E-state index in [1.165, 1.54) is 6.20 Å². The Kier molecular flexibility index (Phi) is 4.89. The molecule has 1 aromatic carbocycles. The Bertz CT molecular complexity index is 1170. The van der Waals surface area contributed by atoms with E-state index in [4.69, 9.17) is 17.3 Å². The number of hydrogen-bond acceptors (Lipinski definition) is 6. The molecule has 0 saturated carbocycles. The number of fused-ring (bicyclic) bond motifs is 1. The normalized spacial score (nSPS) is 16.4. The lowest BCUT2D eigenvalue weighted by molar-refractivity contribution is 0.117. The standard InChI is InChI=1S/C23H22ClN5O/c1-22(2)14-29(20-17(24)13-27-21(25)28-20)18-12-15(7-8-16(18)22)9-10-23(3,30)19-6-4-5-11-26-19/h4-8,11-13,30H,14H2,1-3H3,(H2,25,27,28). The predicted octanol–water partition coefficient (Wildman–Crippen LogP) is 3.80. The highest BCUT2D eigenvalue weighted by Gasteiger charge is 2.37. The molecule has 0 radical (unpaired) electrons. The maximum atomic E-state index is 10.7. The molecule has 0 amide bonds. The SMILES string of the molecule is CC(O)(C#Cc1ccc2c(c1)N(c1nc(N)ncc1Cl)CC2(C)C)c1ccccn1. The molecule has 3 N–H and O–H groups in total. The van der Waals surface area contributed by atoms with Crippen LogP contribution in [0, 0.1) is 11.8 Å². The summed E-state index contributed by atoms with van der Waals surface area (Å²) in [7, 11) is 0. The number of nitrogen functional groups attached to an aromatic ring is 1. The van der Waals surface area contributed by atoms with Crippen molar-refractivity contribution in [3.63, 3.8) is 0 Å². The summed E-state index contributed by atoms with van der Waals surface area (Å²) in [5.74, 6) is 6.75. The third-order valence-electron chi connectivity index (χ3n) is 5.18. The monoisotopic (exact) mass is 419 g/mol. The van der Waals surface area contributed by atoms with Crippen LogP contribution < -0.4 is 10.6 Å². The van der Waals surface area contributed by atoms with E-state index in [-0.39, 0.29) is 11.4 Å². The van der Waals surface area contributed by atoms with E-state index in [1.807, 2.05) is 23.1 Å². The lowest BCUT2D eigenvalue weighted by Crippen LogP contribution is -2.26. The van der Waals surface area contributed by atoms with E-state index in [0.717, 1.165) is 16.8 Å². The van der Waals surface area contributed by atoms with Crippen LogP contribution in [0.25, 0.3) is 0 Å². The van der Waals surface area contributed by atoms with Gasteiger partial charge in [0.05, 0.1) is 11.9 Å². The van der Waals surface area contributed by atoms with E-state index in [2.05, 4.69) is 46.7 Å². The minimum atomic E-state index is -1.36. The number of rotatable bonds is 2. The second-order valence-corrected chi connectivity index (χ2v) is 8.55. The summed E-state index contributed by atoms with van der Waals surface area (Å²) in [6.07, 6.45) is 3.15. The topological polar surface area (TPSA) is 88.2 Å². The molecule has 0 bridgehead atoms. The zero-order valence-corrected chi connectivity index (χ0v) is 17.8. The Morgan fingerprint density at radius 2 is 2.03 bits per heavy atom. The molecular formula is C23H22ClN5O. The van der Waals surface area contributed by atoms with Gasteiger partial charge in [0.25, 0.3) is 0 Å². The molecule has 2 aromatic heterocycles. The summed E-state index contributed by atoms with van der Waals surface area (Å²) in [5.41, 5.74) is 7.74. The molecule has 0 aliphatic carbocycles. The van der Waals surface area contributed by atoms with Gasteiger partial charge in [-0.1, -0.05) is 49.4 Å². The third kappa shape index (κ3) is 3.70. The van der Waals surface area contributed by atoms with Crippen molar-refractivity contribution in [2.75, 3.05) is 17.2 Å². The van der Waals surface area contributed by atoms with Gasteiger partial charge in [0.15, 0.2) is 11.4 Å². The number of nitrogens with two attached hydrogens (primary N) is 1. The first-order chi connectivity index (χ1) is 14.2. The molecule has 6 nitrogen and oxygen atoms in total. The van der Waals surface area contributed by atoms with Crippen LogP contribution in [0.4, 0.5) is 17.5 Å². The molecule has 0 saturated heterocycles. The highest BCUT2D eigenvalue weighted by atomic mass is 35.5. The fourth-order valence-electron chi connectivity index (χ4n) is 3.63. The van der Waals surface area contributed by atoms with Crippen molar-refractivity contribution in [3.05, 3.63) is 70.6 Å². The number of aromatic nitrogens is 3. The number of halogens is 1. The molecule has 0 spiro atoms. The number of anilines is 3. The summed E-state index contributed by atoms with van der Waals surface area (Å²) in [6.45, 7) is 6.67. The van der Waals surface area contributed by atoms with Gasteiger partial charge in [-0.05, 0) is 36.8 Å². The smallest absolute Gasteiger partial charge is 0.222 e. The van der Waals surface area contributed by atoms with Crippen LogP contribution in [-0.2, 0) is 11.0 Å². The van der Waals surface area contributed by atoms with E-state index >= 15 is 0 Å². The largest absolute Gasteiger partial charge is 0.372 e. The maximum absolute atomic E-state index is 10.7. The van der Waals surface area contributed by atoms with Crippen LogP contribution in [0.2, 0.25) is 5.02 Å². The Morgan fingerprint density at radius 3 is 2.77 bits per heavy atom. The van der Waals surface area contributed by atoms with Crippen molar-refractivity contribution < 1.29 is 5.11 Å². The Balaban J connectivity index is 1.75. The van der Waals surface area contributed by atoms with Crippen molar-refractivity contribution in [3.8, 4) is 11.8 Å². The summed E-state index contributed by atoms with van der Waals surface area (Å²) < 4.78 is 0. The van der Waals surface area contributed by atoms with Gasteiger partial charge >= 0.3 is 0 Å². The van der Waals surface area contributed by atoms with Gasteiger partial charge in [0.2, 0.25) is 5.95 Å². The number of hydrogen-bond donors (Lipinski definition) is 2. The predicted molar refractivity (Wildman–Crippen MR) is 119 cm³/mol. The first-order valence-electron chi connectivity index (χ1n) is 9.54. The lowest BCUT2D eigenvalue weighted by Gasteiger charge is -2.22. The fraction of sp³-hybridized carbons (Fsp3) is 0.261. The van der Waals surface area contributed by atoms with Crippen molar-refractivity contribution in [1.82, 2.24) is 15.0 Å². The average molecular weight is 420 g/mol. The summed E-state index contributed by atoms with van der Waals surface area (Å²) in [5, 5.41) is 11.2. The maximum Gasteiger partial charge on any atom is 0.222 e. The van der Waals surface area contributed by atoms with Crippen molar-refractivity contribution >= 4 is 29.1 Å². The summed E-state index contributed by atoms with van der Waals surface area (Å²) >= 11 is 6.37. The summed E-state index contributed by atoms with van der Waals surface area (Å²) in [6, 6.07) is 11.4. The van der Waals surface area contributed by atoms with E-state index in [9.17, 15) is 5.11 Å². The minimum absolute atomic E-state index is 0.107. The molecule has 7 heteroatoms. The molecule has 1 atom stereocenters. The average Bonchev–Trinajstić information content (AvgIpc) is 2.99. The van der Waals surface area contributed by atoms with Gasteiger partial charge in [0, 0.05) is 29.4 Å². The molecule has 3 heterocycles. The first kappa shape index (κ1) is 20.1. The number of nitrogens with zero attached hydrogens (tertiary/aromatic N) is 4. The van der Waals surface area contributed by atoms with Gasteiger partial charge in [-0.3, -0.25) is 4.98 Å². The molecule has 0 fully saturated rings. The summed E-state index contributed by atoms with van der Waals surface area (Å²) in [4.78, 5) is 14.6. The van der Waals surface area contributed by atoms with Crippen LogP contribution in [0.5, 0.6) is 0 Å². The Hall–Kier alpha value is -3.14. The van der Waals surface area contributed by atoms with Crippen molar-refractivity contribution in [2.45, 2.75) is 31.8 Å². The molecule has 30 heavy (non-hydrogen) atoms. The second kappa shape index (κ2) is 7.28. The lowest BCUT2D eigenvalue weighted by atomic mass is 9.86. The molecule has 1 aliphatic rings. The van der Waals surface area contributed by atoms with Gasteiger partial charge in [-0.15, -0.1) is 0 Å². The van der Waals surface area contributed by atoms with Crippen LogP contribution in [0.3, 0.4) is 0 Å². The van der Waals surface area contributed by atoms with Gasteiger partial charge in [-0.25, -0.2) is 4.98 Å². The highest BCUT2D eigenvalue weighted by molar-refractivity contribution is 6.33. The van der Waals surface area contributed by atoms with Crippen LogP contribution >= 0.6 is 11.6 Å². The minimum Gasteiger partial charge on any atom is -0.372 e. The van der Waals surface area contributed by atoms with Crippen LogP contribution in [-0.4, -0.2) is 26.6 Å². The van der Waals surface area contributed by atoms with Crippen molar-refractivity contribution in [1.29, 1.82) is 0 Å². The Morgan fingerprint density at radius 1 is 1.23 bits per heavy atom. The second-order valence-electron chi connectivity index (χ2n) is 8.14. The molecule has 1 aliphatic heterocycles. The first-order valence-corrected chi connectivity index (χ1v) is 9.92. The number of aliphatic hydroxyl groups is 1. The third-order valence-corrected chi connectivity index (χ3v) is 5.45. The van der Waals surface area contributed by atoms with Gasteiger partial charge in [0.1, 0.15) is 5.02 Å². The molecule has 152 valence electrons.